The fourth-order valence-corrected chi connectivity index (χ4v) is 3.64. The number of nitrogens with one attached hydrogen (secondary N) is 1. The minimum absolute atomic E-state index is 0. The average Bonchev–Trinajstić information content (AvgIpc) is 3.10. The third kappa shape index (κ3) is 4.68. The van der Waals surface area contributed by atoms with Crippen LogP contribution in [-0.2, 0) is 5.54 Å². The zero-order chi connectivity index (χ0) is 22.9. The van der Waals surface area contributed by atoms with Crippen molar-refractivity contribution in [2.24, 2.45) is 0 Å². The number of hydrogen-bond acceptors (Lipinski definition) is 5. The summed E-state index contributed by atoms with van der Waals surface area (Å²) in [5, 5.41) is 19.2. The van der Waals surface area contributed by atoms with E-state index in [0.29, 0.717) is 28.6 Å². The molecule has 0 aliphatic carbocycles. The summed E-state index contributed by atoms with van der Waals surface area (Å²) in [4.78, 5) is 0. The molecule has 0 spiro atoms. The Kier molecular flexibility index (Phi) is 8.77. The van der Waals surface area contributed by atoms with E-state index in [1.807, 2.05) is 18.4 Å². The molecule has 1 aliphatic heterocycles. The number of halogens is 2. The number of methoxy groups -OCH3 is 1. The van der Waals surface area contributed by atoms with Crippen molar-refractivity contribution >= 4 is 11.8 Å². The Morgan fingerprint density at radius 2 is 2.00 bits per heavy atom. The van der Waals surface area contributed by atoms with Crippen molar-refractivity contribution in [2.45, 2.75) is 26.3 Å². The fourth-order valence-electron chi connectivity index (χ4n) is 3.64. The molecule has 164 valence electrons. The van der Waals surface area contributed by atoms with Crippen LogP contribution in [-0.4, -0.2) is 33.6 Å². The molecule has 0 amide bonds. The predicted molar refractivity (Wildman–Crippen MR) is 115 cm³/mol. The second kappa shape index (κ2) is 10.5. The van der Waals surface area contributed by atoms with Crippen molar-refractivity contribution in [3.05, 3.63) is 66.6 Å². The van der Waals surface area contributed by atoms with Crippen LogP contribution in [0.4, 0.5) is 14.5 Å². The first-order chi connectivity index (χ1) is 14.7. The summed E-state index contributed by atoms with van der Waals surface area (Å²) >= 11 is 0. The Balaban J connectivity index is 0.000000860. The van der Waals surface area contributed by atoms with E-state index in [9.17, 15) is 4.39 Å². The van der Waals surface area contributed by atoms with E-state index >= 15 is 4.39 Å². The molecule has 1 aromatic heterocycles. The minimum atomic E-state index is -0.574. The number of aromatic nitrogens is 3. The Bertz CT molecular complexity index is 1150. The van der Waals surface area contributed by atoms with Crippen molar-refractivity contribution in [2.75, 3.05) is 19.0 Å². The molecule has 0 bridgehead atoms. The molecule has 6 nitrogen and oxygen atoms in total. The van der Waals surface area contributed by atoms with Crippen LogP contribution in [0.3, 0.4) is 0 Å². The first kappa shape index (κ1) is 26.6. The van der Waals surface area contributed by atoms with Gasteiger partial charge in [0.05, 0.1) is 18.3 Å². The van der Waals surface area contributed by atoms with Crippen LogP contribution in [0, 0.1) is 38.1 Å². The predicted octanol–water partition coefficient (Wildman–Crippen LogP) is 1.25. The summed E-state index contributed by atoms with van der Waals surface area (Å²) in [7, 11) is 1.44. The zero-order valence-electron chi connectivity index (χ0n) is 18.8. The van der Waals surface area contributed by atoms with Gasteiger partial charge in [0.1, 0.15) is 23.1 Å². The molecule has 0 saturated carbocycles. The quantitative estimate of drug-likeness (QED) is 0.451. The van der Waals surface area contributed by atoms with E-state index < -0.39 is 17.2 Å². The number of anilines is 1. The third-order valence-corrected chi connectivity index (χ3v) is 4.84. The van der Waals surface area contributed by atoms with Gasteiger partial charge in [0.2, 0.25) is 0 Å². The van der Waals surface area contributed by atoms with Gasteiger partial charge in [0, 0.05) is 11.4 Å². The molecule has 32 heavy (non-hydrogen) atoms. The first-order valence-electron chi connectivity index (χ1n) is 9.48. The normalized spacial score (nSPS) is 12.9. The molecule has 0 fully saturated rings. The Morgan fingerprint density at radius 1 is 1.34 bits per heavy atom. The molecule has 2 aromatic carbocycles. The topological polar surface area (TPSA) is 72.2 Å². The number of aliphatic hydroxyl groups excluding tert-OH is 1. The maximum Gasteiger partial charge on any atom is 1.00 e. The number of benzene rings is 2. The van der Waals surface area contributed by atoms with Gasteiger partial charge in [-0.2, -0.15) is 5.56 Å². The zero-order valence-corrected chi connectivity index (χ0v) is 21.9. The van der Waals surface area contributed by atoms with Crippen LogP contribution >= 0.6 is 0 Å². The average molecular weight is 465 g/mol. The Hall–Kier alpha value is -1.62. The summed E-state index contributed by atoms with van der Waals surface area (Å²) in [6.07, 6.45) is 1.25. The summed E-state index contributed by atoms with van der Waals surface area (Å²) in [6, 6.07) is 6.45. The van der Waals surface area contributed by atoms with Crippen LogP contribution in [0.5, 0.6) is 5.75 Å². The molecule has 0 unspecified atom stereocenters. The smallest absolute Gasteiger partial charge is 0.495 e. The van der Waals surface area contributed by atoms with Crippen molar-refractivity contribution in [3.8, 4) is 22.6 Å². The molecule has 3 aromatic rings. The van der Waals surface area contributed by atoms with E-state index in [-0.39, 0.29) is 74.9 Å². The maximum absolute atomic E-state index is 15.3. The number of ether oxygens (including phenoxy) is 1. The van der Waals surface area contributed by atoms with Gasteiger partial charge in [-0.05, 0) is 26.8 Å². The van der Waals surface area contributed by atoms with Gasteiger partial charge in [-0.25, -0.2) is 10.5 Å². The van der Waals surface area contributed by atoms with Crippen LogP contribution in [0.25, 0.3) is 22.9 Å². The largest absolute Gasteiger partial charge is 1.00 e. The number of fused-ring (bicyclic) bond motifs is 3. The van der Waals surface area contributed by atoms with Gasteiger partial charge in [0.15, 0.2) is 5.82 Å². The van der Waals surface area contributed by atoms with E-state index in [4.69, 9.17) is 16.4 Å². The Labute approximate surface area is 229 Å². The van der Waals surface area contributed by atoms with Crippen LogP contribution in [0.1, 0.15) is 31.1 Å². The van der Waals surface area contributed by atoms with Crippen molar-refractivity contribution in [1.29, 1.82) is 0 Å². The van der Waals surface area contributed by atoms with Crippen molar-refractivity contribution < 1.29 is 70.0 Å². The molecule has 2 heterocycles. The molecule has 2 N–H and O–H groups in total. The summed E-state index contributed by atoms with van der Waals surface area (Å²) in [5.41, 5.74) is 1.21. The van der Waals surface area contributed by atoms with Gasteiger partial charge < -0.3 is 34.7 Å². The summed E-state index contributed by atoms with van der Waals surface area (Å²) in [6.45, 7) is 14.4. The fraction of sp³-hybridized carbons (Fsp3) is 0.261. The Morgan fingerprint density at radius 3 is 2.59 bits per heavy atom. The molecule has 1 aliphatic rings. The van der Waals surface area contributed by atoms with Gasteiger partial charge in [-0.1, -0.05) is 6.61 Å². The van der Waals surface area contributed by atoms with E-state index in [2.05, 4.69) is 28.5 Å². The number of aliphatic hydroxyl groups is 1. The van der Waals surface area contributed by atoms with Gasteiger partial charge in [0.25, 0.3) is 0 Å². The third-order valence-electron chi connectivity index (χ3n) is 4.84. The monoisotopic (exact) mass is 464 g/mol. The van der Waals surface area contributed by atoms with Gasteiger partial charge in [-0.3, -0.25) is 14.5 Å². The van der Waals surface area contributed by atoms with Crippen molar-refractivity contribution in [3.63, 3.8) is 0 Å². The van der Waals surface area contributed by atoms with Gasteiger partial charge in [-0.15, -0.1) is 22.3 Å². The van der Waals surface area contributed by atoms with Gasteiger partial charge >= 0.3 is 51.4 Å². The van der Waals surface area contributed by atoms with Crippen LogP contribution in [0.15, 0.2) is 18.2 Å². The number of aryl methyl sites for hydroxylation is 1. The molecule has 0 saturated heterocycles. The molecular formula is C23H23F2KN4O2-2. The van der Waals surface area contributed by atoms with E-state index in [1.54, 1.807) is 6.92 Å². The standard InChI is InChI=1S/C21H18F2N4O.C2H5O.K/c1-6-12-7-8-13(22)9-14(12)17-15(23)10-16-18(19(17)28-5)27-11(2)25-26-20(27)21(3,4)24-16;1-2-3;/h1,6,8-10,24H,2-5H3;3H,1-2H2;/q-2;-1;+1. The van der Waals surface area contributed by atoms with Crippen molar-refractivity contribution in [1.82, 2.24) is 14.8 Å². The molecular weight excluding hydrogens is 441 g/mol. The second-order valence-corrected chi connectivity index (χ2v) is 7.35. The molecule has 0 atom stereocenters. The first-order valence-corrected chi connectivity index (χ1v) is 9.48. The van der Waals surface area contributed by atoms with Crippen LogP contribution in [0.2, 0.25) is 0 Å². The number of hydrogen-bond donors (Lipinski definition) is 2. The summed E-state index contributed by atoms with van der Waals surface area (Å²) < 4.78 is 36.6. The molecule has 4 rings (SSSR count). The van der Waals surface area contributed by atoms with E-state index in [0.717, 1.165) is 6.07 Å². The number of nitrogens with zero attached hydrogens (tertiary/aromatic N) is 3. The van der Waals surface area contributed by atoms with Crippen LogP contribution < -0.4 is 61.4 Å². The summed E-state index contributed by atoms with van der Waals surface area (Å²) in [5.74, 6) is 0.377. The number of rotatable bonds is 3. The minimum Gasteiger partial charge on any atom is -0.495 e. The molecule has 9 heteroatoms. The van der Waals surface area contributed by atoms with E-state index in [1.165, 1.54) is 25.3 Å². The SMILES string of the molecule is [CH-]=Cc1[c-]cc(F)cc1-c1c(F)cc2c(c1OC)-n1c(C)nnc1C(C)(C)N2.[CH2-]CO.[K+]. The molecule has 0 radical (unpaired) electrons. The second-order valence-electron chi connectivity index (χ2n) is 7.35. The maximum atomic E-state index is 15.3.